The number of amides is 2. The second-order valence-corrected chi connectivity index (χ2v) is 8.04. The molecule has 1 saturated heterocycles. The predicted octanol–water partition coefficient (Wildman–Crippen LogP) is 3.91. The molecule has 1 N–H and O–H groups in total. The summed E-state index contributed by atoms with van der Waals surface area (Å²) in [7, 11) is 2.04. The fourth-order valence-electron chi connectivity index (χ4n) is 4.23. The van der Waals surface area contributed by atoms with E-state index in [2.05, 4.69) is 10.2 Å². The summed E-state index contributed by atoms with van der Waals surface area (Å²) in [4.78, 5) is 29.1. The van der Waals surface area contributed by atoms with E-state index >= 15 is 0 Å². The Morgan fingerprint density at radius 1 is 0.963 bits per heavy atom. The topological polar surface area (TPSA) is 52.7 Å². The summed E-state index contributed by atoms with van der Waals surface area (Å²) in [5.74, 6) is 0.112. The van der Waals surface area contributed by atoms with Gasteiger partial charge in [-0.1, -0.05) is 32.1 Å². The molecule has 0 unspecified atom stereocenters. The number of likely N-dealkylation sites (N-methyl/N-ethyl adjacent to an activating group) is 1. The number of carbonyl (C=O) groups excluding carboxylic acids is 2. The van der Waals surface area contributed by atoms with Gasteiger partial charge in [-0.2, -0.15) is 0 Å². The summed E-state index contributed by atoms with van der Waals surface area (Å²) in [6, 6.07) is 7.85. The van der Waals surface area contributed by atoms with Crippen molar-refractivity contribution >= 4 is 17.5 Å². The summed E-state index contributed by atoms with van der Waals surface area (Å²) in [5, 5.41) is 2.96. The smallest absolute Gasteiger partial charge is 0.253 e. The van der Waals surface area contributed by atoms with Crippen molar-refractivity contribution in [2.75, 3.05) is 32.0 Å². The lowest BCUT2D eigenvalue weighted by Crippen LogP contribution is -2.39. The van der Waals surface area contributed by atoms with E-state index in [0.29, 0.717) is 18.2 Å². The first-order valence-electron chi connectivity index (χ1n) is 10.5. The van der Waals surface area contributed by atoms with Gasteiger partial charge in [-0.05, 0) is 57.0 Å². The summed E-state index contributed by atoms with van der Waals surface area (Å²) < 4.78 is 0. The first-order valence-corrected chi connectivity index (χ1v) is 10.5. The van der Waals surface area contributed by atoms with Crippen molar-refractivity contribution in [1.29, 1.82) is 0 Å². The van der Waals surface area contributed by atoms with Gasteiger partial charge in [0.1, 0.15) is 0 Å². The molecular weight excluding hydrogens is 338 g/mol. The molecule has 148 valence electrons. The van der Waals surface area contributed by atoms with Crippen LogP contribution in [0.2, 0.25) is 0 Å². The SMILES string of the molecule is CN(CC(=O)Nc1ccc(C(=O)N2CCCCCC2)cc1)C1CCCCC1. The zero-order valence-corrected chi connectivity index (χ0v) is 16.6. The normalized spacial score (nSPS) is 19.0. The lowest BCUT2D eigenvalue weighted by molar-refractivity contribution is -0.117. The number of hydrogen-bond acceptors (Lipinski definition) is 3. The highest BCUT2D eigenvalue weighted by Gasteiger charge is 2.20. The maximum Gasteiger partial charge on any atom is 0.253 e. The zero-order chi connectivity index (χ0) is 19.1. The first kappa shape index (κ1) is 19.9. The van der Waals surface area contributed by atoms with Gasteiger partial charge in [0.25, 0.3) is 5.91 Å². The Balaban J connectivity index is 1.50. The largest absolute Gasteiger partial charge is 0.339 e. The van der Waals surface area contributed by atoms with E-state index in [-0.39, 0.29) is 11.8 Å². The van der Waals surface area contributed by atoms with Gasteiger partial charge in [0.05, 0.1) is 6.54 Å². The van der Waals surface area contributed by atoms with Crippen LogP contribution in [0.5, 0.6) is 0 Å². The Bertz CT molecular complexity index is 615. The van der Waals surface area contributed by atoms with Gasteiger partial charge in [-0.25, -0.2) is 0 Å². The molecule has 5 heteroatoms. The van der Waals surface area contributed by atoms with Gasteiger partial charge in [-0.3, -0.25) is 14.5 Å². The molecule has 3 rings (SSSR count). The van der Waals surface area contributed by atoms with E-state index in [1.54, 1.807) is 0 Å². The molecule has 0 bridgehead atoms. The first-order chi connectivity index (χ1) is 13.1. The highest BCUT2D eigenvalue weighted by atomic mass is 16.2. The van der Waals surface area contributed by atoms with E-state index in [0.717, 1.165) is 31.6 Å². The molecule has 2 amide bonds. The second kappa shape index (κ2) is 9.88. The zero-order valence-electron chi connectivity index (χ0n) is 16.6. The number of carbonyl (C=O) groups is 2. The third kappa shape index (κ3) is 5.80. The van der Waals surface area contributed by atoms with Crippen molar-refractivity contribution < 1.29 is 9.59 Å². The summed E-state index contributed by atoms with van der Waals surface area (Å²) in [6.07, 6.45) is 10.8. The van der Waals surface area contributed by atoms with Crippen molar-refractivity contribution in [3.63, 3.8) is 0 Å². The van der Waals surface area contributed by atoms with E-state index in [4.69, 9.17) is 0 Å². The van der Waals surface area contributed by atoms with E-state index in [9.17, 15) is 9.59 Å². The second-order valence-electron chi connectivity index (χ2n) is 8.04. The number of benzene rings is 1. The number of likely N-dealkylation sites (tertiary alicyclic amines) is 1. The molecule has 1 saturated carbocycles. The van der Waals surface area contributed by atoms with Crippen molar-refractivity contribution in [3.05, 3.63) is 29.8 Å². The van der Waals surface area contributed by atoms with Gasteiger partial charge in [-0.15, -0.1) is 0 Å². The molecule has 2 fully saturated rings. The van der Waals surface area contributed by atoms with Gasteiger partial charge < -0.3 is 10.2 Å². The fraction of sp³-hybridized carbons (Fsp3) is 0.636. The lowest BCUT2D eigenvalue weighted by Gasteiger charge is -2.30. The molecule has 0 spiro atoms. The lowest BCUT2D eigenvalue weighted by atomic mass is 9.94. The molecule has 1 aromatic carbocycles. The Labute approximate surface area is 163 Å². The fourth-order valence-corrected chi connectivity index (χ4v) is 4.23. The monoisotopic (exact) mass is 371 g/mol. The molecule has 1 aliphatic heterocycles. The highest BCUT2D eigenvalue weighted by Crippen LogP contribution is 2.21. The molecule has 27 heavy (non-hydrogen) atoms. The van der Waals surface area contributed by atoms with Crippen LogP contribution in [0.15, 0.2) is 24.3 Å². The Hall–Kier alpha value is -1.88. The highest BCUT2D eigenvalue weighted by molar-refractivity contribution is 5.96. The number of nitrogens with zero attached hydrogens (tertiary/aromatic N) is 2. The van der Waals surface area contributed by atoms with Gasteiger partial charge in [0.15, 0.2) is 0 Å². The van der Waals surface area contributed by atoms with Crippen molar-refractivity contribution in [3.8, 4) is 0 Å². The average molecular weight is 372 g/mol. The maximum atomic E-state index is 12.6. The number of nitrogens with one attached hydrogen (secondary N) is 1. The number of hydrogen-bond donors (Lipinski definition) is 1. The minimum absolute atomic E-state index is 0.00895. The minimum Gasteiger partial charge on any atom is -0.339 e. The van der Waals surface area contributed by atoms with Gasteiger partial charge in [0, 0.05) is 30.4 Å². The summed E-state index contributed by atoms with van der Waals surface area (Å²) in [5.41, 5.74) is 1.46. The van der Waals surface area contributed by atoms with Crippen LogP contribution < -0.4 is 5.32 Å². The maximum absolute atomic E-state index is 12.6. The van der Waals surface area contributed by atoms with Crippen molar-refractivity contribution in [2.45, 2.75) is 63.8 Å². The van der Waals surface area contributed by atoms with Crippen LogP contribution in [0.25, 0.3) is 0 Å². The van der Waals surface area contributed by atoms with Crippen LogP contribution in [0, 0.1) is 0 Å². The summed E-state index contributed by atoms with van der Waals surface area (Å²) >= 11 is 0. The molecule has 1 heterocycles. The predicted molar refractivity (Wildman–Crippen MR) is 109 cm³/mol. The molecule has 0 aromatic heterocycles. The quantitative estimate of drug-likeness (QED) is 0.854. The number of rotatable bonds is 5. The van der Waals surface area contributed by atoms with Crippen LogP contribution in [-0.2, 0) is 4.79 Å². The van der Waals surface area contributed by atoms with E-state index in [1.807, 2.05) is 36.2 Å². The molecule has 5 nitrogen and oxygen atoms in total. The van der Waals surface area contributed by atoms with Gasteiger partial charge in [0.2, 0.25) is 5.91 Å². The summed E-state index contributed by atoms with van der Waals surface area (Å²) in [6.45, 7) is 2.12. The molecular formula is C22H33N3O2. The molecule has 0 radical (unpaired) electrons. The molecule has 2 aliphatic rings. The van der Waals surface area contributed by atoms with Crippen LogP contribution in [0.1, 0.15) is 68.1 Å². The van der Waals surface area contributed by atoms with Crippen LogP contribution in [-0.4, -0.2) is 54.3 Å². The van der Waals surface area contributed by atoms with Crippen LogP contribution in [0.3, 0.4) is 0 Å². The van der Waals surface area contributed by atoms with Crippen molar-refractivity contribution in [1.82, 2.24) is 9.80 Å². The molecule has 1 aromatic rings. The van der Waals surface area contributed by atoms with E-state index in [1.165, 1.54) is 44.9 Å². The van der Waals surface area contributed by atoms with Crippen molar-refractivity contribution in [2.24, 2.45) is 0 Å². The molecule has 1 aliphatic carbocycles. The minimum atomic E-state index is 0.00895. The Morgan fingerprint density at radius 2 is 1.56 bits per heavy atom. The molecule has 0 atom stereocenters. The Kier molecular flexibility index (Phi) is 7.27. The third-order valence-electron chi connectivity index (χ3n) is 5.90. The third-order valence-corrected chi connectivity index (χ3v) is 5.90. The van der Waals surface area contributed by atoms with E-state index < -0.39 is 0 Å². The van der Waals surface area contributed by atoms with Gasteiger partial charge >= 0.3 is 0 Å². The average Bonchev–Trinajstić information content (AvgIpc) is 2.98. The van der Waals surface area contributed by atoms with Crippen LogP contribution in [0.4, 0.5) is 5.69 Å². The van der Waals surface area contributed by atoms with Crippen LogP contribution >= 0.6 is 0 Å². The number of anilines is 1. The standard InChI is InChI=1S/C22H33N3O2/c1-24(20-9-5-4-6-10-20)17-21(26)23-19-13-11-18(12-14-19)22(27)25-15-7-2-3-8-16-25/h11-14,20H,2-10,15-17H2,1H3,(H,23,26). The Morgan fingerprint density at radius 3 is 2.19 bits per heavy atom.